The Kier molecular flexibility index (Phi) is 6.27. The molecule has 1 aromatic rings. The third-order valence-electron chi connectivity index (χ3n) is 5.04. The second kappa shape index (κ2) is 8.43. The molecule has 134 valence electrons. The molecule has 3 heterocycles. The molecule has 1 amide bonds. The van der Waals surface area contributed by atoms with Crippen molar-refractivity contribution in [1.82, 2.24) is 15.5 Å². The van der Waals surface area contributed by atoms with Gasteiger partial charge in [-0.05, 0) is 45.4 Å². The first-order valence-electron chi connectivity index (χ1n) is 9.02. The first-order chi connectivity index (χ1) is 11.6. The molecule has 1 unspecified atom stereocenters. The molecular weight excluding hydrogens is 322 g/mol. The number of piperidine rings is 1. The molecule has 0 radical (unpaired) electrons. The van der Waals surface area contributed by atoms with Crippen LogP contribution < -0.4 is 10.6 Å². The van der Waals surface area contributed by atoms with Crippen molar-refractivity contribution in [3.8, 4) is 0 Å². The number of ether oxygens (including phenoxy) is 1. The summed E-state index contributed by atoms with van der Waals surface area (Å²) in [7, 11) is 0. The van der Waals surface area contributed by atoms with E-state index in [9.17, 15) is 4.79 Å². The summed E-state index contributed by atoms with van der Waals surface area (Å²) in [6, 6.07) is 5.07. The molecule has 24 heavy (non-hydrogen) atoms. The van der Waals surface area contributed by atoms with Crippen molar-refractivity contribution in [2.75, 3.05) is 39.4 Å². The Morgan fingerprint density at radius 3 is 2.92 bits per heavy atom. The van der Waals surface area contributed by atoms with Gasteiger partial charge in [0.05, 0.1) is 19.3 Å². The zero-order valence-electron chi connectivity index (χ0n) is 14.7. The monoisotopic (exact) mass is 351 g/mol. The van der Waals surface area contributed by atoms with Crippen LogP contribution in [0.3, 0.4) is 0 Å². The van der Waals surface area contributed by atoms with Gasteiger partial charge in [0, 0.05) is 41.3 Å². The maximum atomic E-state index is 12.6. The van der Waals surface area contributed by atoms with Crippen LogP contribution in [0, 0.1) is 12.8 Å². The number of hydrogen-bond acceptors (Lipinski definition) is 5. The van der Waals surface area contributed by atoms with E-state index in [-0.39, 0.29) is 17.9 Å². The van der Waals surface area contributed by atoms with Crippen molar-refractivity contribution in [3.05, 3.63) is 21.9 Å². The number of rotatable bonds is 5. The second-order valence-electron chi connectivity index (χ2n) is 6.93. The van der Waals surface area contributed by atoms with Crippen molar-refractivity contribution in [1.29, 1.82) is 0 Å². The Morgan fingerprint density at radius 1 is 1.46 bits per heavy atom. The van der Waals surface area contributed by atoms with Gasteiger partial charge in [0.1, 0.15) is 0 Å². The molecule has 0 spiro atoms. The Hall–Kier alpha value is -0.950. The molecule has 2 saturated heterocycles. The van der Waals surface area contributed by atoms with E-state index in [1.54, 1.807) is 0 Å². The van der Waals surface area contributed by atoms with Crippen molar-refractivity contribution in [3.63, 3.8) is 0 Å². The molecule has 3 atom stereocenters. The van der Waals surface area contributed by atoms with Gasteiger partial charge in [-0.1, -0.05) is 0 Å². The van der Waals surface area contributed by atoms with E-state index < -0.39 is 0 Å². The van der Waals surface area contributed by atoms with Crippen molar-refractivity contribution >= 4 is 17.2 Å². The average Bonchev–Trinajstić information content (AvgIpc) is 3.02. The number of thiophene rings is 1. The van der Waals surface area contributed by atoms with Crippen LogP contribution in [-0.2, 0) is 9.53 Å². The number of amides is 1. The van der Waals surface area contributed by atoms with Crippen LogP contribution in [0.5, 0.6) is 0 Å². The molecule has 0 saturated carbocycles. The van der Waals surface area contributed by atoms with Gasteiger partial charge in [-0.25, -0.2) is 0 Å². The van der Waals surface area contributed by atoms with Gasteiger partial charge in [-0.3, -0.25) is 9.69 Å². The van der Waals surface area contributed by atoms with E-state index in [4.69, 9.17) is 4.74 Å². The molecular formula is C18H29N3O2S. The van der Waals surface area contributed by atoms with Gasteiger partial charge in [0.25, 0.3) is 0 Å². The number of aryl methyl sites for hydroxylation is 1. The minimum Gasteiger partial charge on any atom is -0.379 e. The van der Waals surface area contributed by atoms with Crippen molar-refractivity contribution < 1.29 is 9.53 Å². The minimum atomic E-state index is 0.150. The summed E-state index contributed by atoms with van der Waals surface area (Å²) in [6.07, 6.45) is 1.88. The highest BCUT2D eigenvalue weighted by Crippen LogP contribution is 2.28. The van der Waals surface area contributed by atoms with Crippen molar-refractivity contribution in [2.45, 2.75) is 38.8 Å². The lowest BCUT2D eigenvalue weighted by Gasteiger charge is -2.34. The number of morpholine rings is 1. The highest BCUT2D eigenvalue weighted by atomic mass is 32.1. The van der Waals surface area contributed by atoms with Crippen molar-refractivity contribution in [2.24, 2.45) is 5.92 Å². The highest BCUT2D eigenvalue weighted by Gasteiger charge is 2.28. The SMILES string of the molecule is Cc1ccc(C(CNC(=O)[C@H]2CCN[C@@H](C)C2)N2CCOCC2)s1. The van der Waals surface area contributed by atoms with Gasteiger partial charge < -0.3 is 15.4 Å². The van der Waals surface area contributed by atoms with Gasteiger partial charge in [0.15, 0.2) is 0 Å². The van der Waals surface area contributed by atoms with E-state index in [0.29, 0.717) is 12.6 Å². The summed E-state index contributed by atoms with van der Waals surface area (Å²) in [5.41, 5.74) is 0. The third kappa shape index (κ3) is 4.57. The predicted molar refractivity (Wildman–Crippen MR) is 97.4 cm³/mol. The quantitative estimate of drug-likeness (QED) is 0.851. The topological polar surface area (TPSA) is 53.6 Å². The van der Waals surface area contributed by atoms with Gasteiger partial charge in [0.2, 0.25) is 5.91 Å². The zero-order valence-corrected chi connectivity index (χ0v) is 15.5. The highest BCUT2D eigenvalue weighted by molar-refractivity contribution is 7.12. The van der Waals surface area contributed by atoms with Gasteiger partial charge >= 0.3 is 0 Å². The largest absolute Gasteiger partial charge is 0.379 e. The minimum absolute atomic E-state index is 0.150. The first-order valence-corrected chi connectivity index (χ1v) is 9.84. The zero-order chi connectivity index (χ0) is 16.9. The summed E-state index contributed by atoms with van der Waals surface area (Å²) in [4.78, 5) is 17.7. The average molecular weight is 352 g/mol. The van der Waals surface area contributed by atoms with Gasteiger partial charge in [-0.2, -0.15) is 0 Å². The Bertz CT molecular complexity index is 542. The normalized spacial score (nSPS) is 26.9. The molecule has 2 fully saturated rings. The van der Waals surface area contributed by atoms with Crippen LogP contribution in [0.4, 0.5) is 0 Å². The Balaban J connectivity index is 1.62. The predicted octanol–water partition coefficient (Wildman–Crippen LogP) is 1.93. The van der Waals surface area contributed by atoms with Crippen LogP contribution in [0.15, 0.2) is 12.1 Å². The standard InChI is InChI=1S/C18H29N3O2S/c1-13-11-15(5-6-19-13)18(22)20-12-16(17-4-3-14(2)24-17)21-7-9-23-10-8-21/h3-4,13,15-16,19H,5-12H2,1-2H3,(H,20,22)/t13-,15-,16?/m0/s1. The first kappa shape index (κ1) is 17.9. The van der Waals surface area contributed by atoms with Crippen LogP contribution >= 0.6 is 11.3 Å². The number of carbonyl (C=O) groups is 1. The fourth-order valence-electron chi connectivity index (χ4n) is 3.64. The van der Waals surface area contributed by atoms with Crippen LogP contribution in [0.25, 0.3) is 0 Å². The number of hydrogen-bond donors (Lipinski definition) is 2. The molecule has 2 aliphatic rings. The van der Waals surface area contributed by atoms with Crippen LogP contribution in [-0.4, -0.2) is 56.2 Å². The lowest BCUT2D eigenvalue weighted by atomic mass is 9.92. The lowest BCUT2D eigenvalue weighted by Crippen LogP contribution is -2.46. The fourth-order valence-corrected chi connectivity index (χ4v) is 4.66. The van der Waals surface area contributed by atoms with E-state index in [0.717, 1.165) is 45.7 Å². The third-order valence-corrected chi connectivity index (χ3v) is 6.14. The lowest BCUT2D eigenvalue weighted by molar-refractivity contribution is -0.126. The van der Waals surface area contributed by atoms with E-state index in [1.165, 1.54) is 9.75 Å². The molecule has 2 aliphatic heterocycles. The molecule has 1 aromatic heterocycles. The molecule has 0 aromatic carbocycles. The van der Waals surface area contributed by atoms with E-state index >= 15 is 0 Å². The summed E-state index contributed by atoms with van der Waals surface area (Å²) < 4.78 is 5.49. The molecule has 2 N–H and O–H groups in total. The van der Waals surface area contributed by atoms with E-state index in [2.05, 4.69) is 41.5 Å². The summed E-state index contributed by atoms with van der Waals surface area (Å²) in [5.74, 6) is 0.367. The Labute approximate surface area is 148 Å². The summed E-state index contributed by atoms with van der Waals surface area (Å²) in [6.45, 7) is 9.35. The smallest absolute Gasteiger partial charge is 0.223 e. The molecule has 5 nitrogen and oxygen atoms in total. The fraction of sp³-hybridized carbons (Fsp3) is 0.722. The Morgan fingerprint density at radius 2 is 2.25 bits per heavy atom. The molecule has 0 aliphatic carbocycles. The van der Waals surface area contributed by atoms with Crippen LogP contribution in [0.1, 0.15) is 35.6 Å². The second-order valence-corrected chi connectivity index (χ2v) is 8.25. The molecule has 0 bridgehead atoms. The molecule has 3 rings (SSSR count). The van der Waals surface area contributed by atoms with E-state index in [1.807, 2.05) is 11.3 Å². The van der Waals surface area contributed by atoms with Crippen LogP contribution in [0.2, 0.25) is 0 Å². The van der Waals surface area contributed by atoms with Gasteiger partial charge in [-0.15, -0.1) is 11.3 Å². The molecule has 6 heteroatoms. The number of nitrogens with zero attached hydrogens (tertiary/aromatic N) is 1. The maximum Gasteiger partial charge on any atom is 0.223 e. The number of nitrogens with one attached hydrogen (secondary N) is 2. The summed E-state index contributed by atoms with van der Waals surface area (Å²) in [5, 5.41) is 6.65. The maximum absolute atomic E-state index is 12.6. The summed E-state index contributed by atoms with van der Waals surface area (Å²) >= 11 is 1.83. The number of carbonyl (C=O) groups excluding carboxylic acids is 1.